The van der Waals surface area contributed by atoms with Crippen LogP contribution in [-0.4, -0.2) is 20.2 Å². The maximum absolute atomic E-state index is 12.7. The molecule has 0 aliphatic rings. The highest BCUT2D eigenvalue weighted by atomic mass is 16.5. The quantitative estimate of drug-likeness (QED) is 0.514. The van der Waals surface area contributed by atoms with Gasteiger partial charge in [-0.3, -0.25) is 4.79 Å². The fourth-order valence-corrected chi connectivity index (χ4v) is 3.23. The molecule has 0 spiro atoms. The lowest BCUT2D eigenvalue weighted by molar-refractivity contribution is 0.0465. The Morgan fingerprint density at radius 2 is 1.93 bits per heavy atom. The van der Waals surface area contributed by atoms with Crippen molar-refractivity contribution in [1.82, 2.24) is 14.2 Å². The third-order valence-electron chi connectivity index (χ3n) is 4.59. The van der Waals surface area contributed by atoms with E-state index in [4.69, 9.17) is 4.74 Å². The number of hydrogen-bond donors (Lipinski definition) is 0. The molecule has 3 aromatic heterocycles. The average Bonchev–Trinajstić information content (AvgIpc) is 3.10. The van der Waals surface area contributed by atoms with E-state index < -0.39 is 5.97 Å². The van der Waals surface area contributed by atoms with Crippen LogP contribution in [0.2, 0.25) is 0 Å². The summed E-state index contributed by atoms with van der Waals surface area (Å²) in [6, 6.07) is 14.5. The van der Waals surface area contributed by atoms with Gasteiger partial charge in [-0.1, -0.05) is 24.3 Å². The molecule has 7 nitrogen and oxygen atoms in total. The Bertz CT molecular complexity index is 1310. The van der Waals surface area contributed by atoms with Gasteiger partial charge in [-0.15, -0.1) is 0 Å². The van der Waals surface area contributed by atoms with Crippen molar-refractivity contribution in [2.24, 2.45) is 0 Å². The normalized spacial score (nSPS) is 10.9. The molecule has 0 radical (unpaired) electrons. The van der Waals surface area contributed by atoms with E-state index in [1.54, 1.807) is 37.4 Å². The van der Waals surface area contributed by atoms with Gasteiger partial charge < -0.3 is 9.14 Å². The first-order chi connectivity index (χ1) is 13.6. The van der Waals surface area contributed by atoms with Crippen LogP contribution in [0.25, 0.3) is 16.3 Å². The summed E-state index contributed by atoms with van der Waals surface area (Å²) in [5.74, 6) is -0.641. The lowest BCUT2D eigenvalue weighted by atomic mass is 10.1. The molecule has 0 atom stereocenters. The molecular weight excluding hydrogens is 356 g/mol. The second-order valence-corrected chi connectivity index (χ2v) is 6.23. The van der Waals surface area contributed by atoms with Crippen LogP contribution in [0.5, 0.6) is 0 Å². The maximum atomic E-state index is 12.7. The third kappa shape index (κ3) is 2.81. The zero-order valence-corrected chi connectivity index (χ0v) is 15.1. The number of fused-ring (bicyclic) bond motifs is 2. The van der Waals surface area contributed by atoms with Gasteiger partial charge in [0.15, 0.2) is 5.69 Å². The highest BCUT2D eigenvalue weighted by Crippen LogP contribution is 2.20. The molecule has 28 heavy (non-hydrogen) atoms. The average molecular weight is 372 g/mol. The lowest BCUT2D eigenvalue weighted by Gasteiger charge is -2.09. The summed E-state index contributed by atoms with van der Waals surface area (Å²) in [7, 11) is 0. The van der Waals surface area contributed by atoms with E-state index in [0.717, 1.165) is 5.52 Å². The van der Waals surface area contributed by atoms with E-state index in [-0.39, 0.29) is 17.9 Å². The van der Waals surface area contributed by atoms with Crippen LogP contribution < -0.4 is 5.56 Å². The number of nitrogens with zero attached hydrogens (tertiary/aromatic N) is 4. The van der Waals surface area contributed by atoms with Crippen molar-refractivity contribution < 1.29 is 9.53 Å². The van der Waals surface area contributed by atoms with Gasteiger partial charge in [0, 0.05) is 29.9 Å². The second kappa shape index (κ2) is 7.00. The van der Waals surface area contributed by atoms with E-state index in [2.05, 4.69) is 11.2 Å². The van der Waals surface area contributed by atoms with Crippen LogP contribution in [-0.2, 0) is 17.9 Å². The van der Waals surface area contributed by atoms with Crippen LogP contribution in [0.4, 0.5) is 0 Å². The highest BCUT2D eigenvalue weighted by Gasteiger charge is 2.19. The predicted octanol–water partition coefficient (Wildman–Crippen LogP) is 2.90. The number of hydrogen-bond acceptors (Lipinski definition) is 5. The summed E-state index contributed by atoms with van der Waals surface area (Å²) < 4.78 is 8.51. The molecule has 0 aliphatic carbocycles. The van der Waals surface area contributed by atoms with Gasteiger partial charge in [0.1, 0.15) is 12.7 Å². The first kappa shape index (κ1) is 17.5. The van der Waals surface area contributed by atoms with Gasteiger partial charge in [-0.05, 0) is 25.1 Å². The lowest BCUT2D eigenvalue weighted by Crippen LogP contribution is -2.25. The van der Waals surface area contributed by atoms with Crippen molar-refractivity contribution in [2.45, 2.75) is 20.1 Å². The number of ether oxygens (including phenoxy) is 1. The number of aryl methyl sites for hydroxylation is 1. The van der Waals surface area contributed by atoms with Crippen LogP contribution >= 0.6 is 0 Å². The molecule has 4 aromatic rings. The SMILES string of the molecule is CCn1nc(C(=O)OCc2cn3ccccc3c2C#N)c2ccccc2c1=O. The van der Waals surface area contributed by atoms with Crippen LogP contribution in [0.3, 0.4) is 0 Å². The van der Waals surface area contributed by atoms with Crippen LogP contribution in [0, 0.1) is 11.3 Å². The Balaban J connectivity index is 1.70. The number of aromatic nitrogens is 3. The number of carbonyl (C=O) groups is 1. The van der Waals surface area contributed by atoms with E-state index in [0.29, 0.717) is 28.4 Å². The monoisotopic (exact) mass is 372 g/mol. The fraction of sp³-hybridized carbons (Fsp3) is 0.143. The van der Waals surface area contributed by atoms with Gasteiger partial charge in [-0.25, -0.2) is 9.48 Å². The molecular formula is C21H16N4O3. The smallest absolute Gasteiger partial charge is 0.359 e. The van der Waals surface area contributed by atoms with Gasteiger partial charge in [0.05, 0.1) is 16.5 Å². The largest absolute Gasteiger partial charge is 0.456 e. The van der Waals surface area contributed by atoms with Gasteiger partial charge in [0.2, 0.25) is 0 Å². The van der Waals surface area contributed by atoms with Crippen molar-refractivity contribution in [3.05, 3.63) is 82.0 Å². The summed E-state index contributed by atoms with van der Waals surface area (Å²) in [6.45, 7) is 2.06. The molecule has 138 valence electrons. The van der Waals surface area contributed by atoms with E-state index >= 15 is 0 Å². The highest BCUT2D eigenvalue weighted by molar-refractivity contribution is 6.02. The molecule has 0 fully saturated rings. The first-order valence-corrected chi connectivity index (χ1v) is 8.79. The minimum absolute atomic E-state index is 0.0648. The number of rotatable bonds is 4. The Hall–Kier alpha value is -3.92. The summed E-state index contributed by atoms with van der Waals surface area (Å²) >= 11 is 0. The maximum Gasteiger partial charge on any atom is 0.359 e. The van der Waals surface area contributed by atoms with Gasteiger partial charge in [-0.2, -0.15) is 10.4 Å². The number of carbonyl (C=O) groups excluding carboxylic acids is 1. The van der Waals surface area contributed by atoms with Crippen LogP contribution in [0.15, 0.2) is 59.7 Å². The molecule has 7 heteroatoms. The van der Waals surface area contributed by atoms with Crippen molar-refractivity contribution in [1.29, 1.82) is 5.26 Å². The molecule has 0 saturated carbocycles. The number of pyridine rings is 1. The Kier molecular flexibility index (Phi) is 4.38. The van der Waals surface area contributed by atoms with Crippen molar-refractivity contribution in [2.75, 3.05) is 0 Å². The molecule has 0 amide bonds. The number of esters is 1. The zero-order chi connectivity index (χ0) is 19.7. The summed E-state index contributed by atoms with van der Waals surface area (Å²) in [4.78, 5) is 25.1. The summed E-state index contributed by atoms with van der Waals surface area (Å²) in [6.07, 6.45) is 3.59. The van der Waals surface area contributed by atoms with E-state index in [1.807, 2.05) is 28.8 Å². The molecule has 0 bridgehead atoms. The minimum Gasteiger partial charge on any atom is -0.456 e. The van der Waals surface area contributed by atoms with Crippen molar-refractivity contribution in [3.63, 3.8) is 0 Å². The minimum atomic E-state index is -0.641. The molecule has 4 rings (SSSR count). The molecule has 0 N–H and O–H groups in total. The van der Waals surface area contributed by atoms with E-state index in [1.165, 1.54) is 4.68 Å². The molecule has 0 saturated heterocycles. The van der Waals surface area contributed by atoms with E-state index in [9.17, 15) is 14.9 Å². The molecule has 1 aromatic carbocycles. The zero-order valence-electron chi connectivity index (χ0n) is 15.1. The van der Waals surface area contributed by atoms with Gasteiger partial charge >= 0.3 is 5.97 Å². The number of benzene rings is 1. The molecule has 3 heterocycles. The second-order valence-electron chi connectivity index (χ2n) is 6.23. The topological polar surface area (TPSA) is 89.4 Å². The van der Waals surface area contributed by atoms with Gasteiger partial charge in [0.25, 0.3) is 5.56 Å². The Morgan fingerprint density at radius 1 is 1.18 bits per heavy atom. The standard InChI is InChI=1S/C21H16N4O3/c1-2-25-20(26)16-8-4-3-7-15(16)19(23-25)21(27)28-13-14-12-24-10-6-5-9-18(24)17(14)11-22/h3-10,12H,2,13H2,1H3. The van der Waals surface area contributed by atoms with Crippen LogP contribution in [0.1, 0.15) is 28.5 Å². The van der Waals surface area contributed by atoms with Crippen molar-refractivity contribution in [3.8, 4) is 6.07 Å². The summed E-state index contributed by atoms with van der Waals surface area (Å²) in [5.41, 5.74) is 1.65. The molecule has 0 unspecified atom stereocenters. The Labute approximate surface area is 160 Å². The fourth-order valence-electron chi connectivity index (χ4n) is 3.23. The number of nitriles is 1. The molecule has 0 aliphatic heterocycles. The first-order valence-electron chi connectivity index (χ1n) is 8.79. The predicted molar refractivity (Wildman–Crippen MR) is 103 cm³/mol. The Morgan fingerprint density at radius 3 is 2.68 bits per heavy atom. The van der Waals surface area contributed by atoms with Crippen molar-refractivity contribution >= 4 is 22.3 Å². The third-order valence-corrected chi connectivity index (χ3v) is 4.59. The summed E-state index contributed by atoms with van der Waals surface area (Å²) in [5, 5.41) is 14.5.